The highest BCUT2D eigenvalue weighted by molar-refractivity contribution is 5.85. The molecule has 0 saturated heterocycles. The minimum Gasteiger partial charge on any atom is -0.375 e. The number of halogens is 1. The predicted octanol–water partition coefficient (Wildman–Crippen LogP) is 2.68. The first-order chi connectivity index (χ1) is 8.84. The molecule has 4 nitrogen and oxygen atoms in total. The molecule has 1 N–H and O–H groups in total. The SMILES string of the molecule is CC1NCCn2c(COCC3CCCC3)cnc21.Cl. The van der Waals surface area contributed by atoms with Gasteiger partial charge in [0.05, 0.1) is 24.5 Å². The molecular formula is C14H24ClN3O. The largest absolute Gasteiger partial charge is 0.375 e. The number of ether oxygens (including phenoxy) is 1. The molecule has 1 fully saturated rings. The van der Waals surface area contributed by atoms with Gasteiger partial charge in [0.1, 0.15) is 5.82 Å². The van der Waals surface area contributed by atoms with E-state index in [-0.39, 0.29) is 12.4 Å². The van der Waals surface area contributed by atoms with Crippen LogP contribution in [0.4, 0.5) is 0 Å². The highest BCUT2D eigenvalue weighted by atomic mass is 35.5. The fourth-order valence-corrected chi connectivity index (χ4v) is 3.14. The van der Waals surface area contributed by atoms with Crippen molar-refractivity contribution >= 4 is 12.4 Å². The maximum absolute atomic E-state index is 5.88. The van der Waals surface area contributed by atoms with Crippen molar-refractivity contribution in [2.24, 2.45) is 5.92 Å². The monoisotopic (exact) mass is 285 g/mol. The normalized spacial score (nSPS) is 23.1. The Kier molecular flexibility index (Phi) is 5.25. The summed E-state index contributed by atoms with van der Waals surface area (Å²) in [5, 5.41) is 3.43. The van der Waals surface area contributed by atoms with Crippen molar-refractivity contribution in [2.45, 2.75) is 51.8 Å². The molecular weight excluding hydrogens is 262 g/mol. The molecule has 0 amide bonds. The molecule has 1 aliphatic heterocycles. The van der Waals surface area contributed by atoms with E-state index >= 15 is 0 Å². The van der Waals surface area contributed by atoms with Gasteiger partial charge in [0, 0.05) is 19.7 Å². The third-order valence-corrected chi connectivity index (χ3v) is 4.22. The van der Waals surface area contributed by atoms with Gasteiger partial charge in [0.2, 0.25) is 0 Å². The molecule has 0 bridgehead atoms. The van der Waals surface area contributed by atoms with E-state index in [2.05, 4.69) is 21.8 Å². The Bertz CT molecular complexity index is 401. The van der Waals surface area contributed by atoms with Gasteiger partial charge in [-0.25, -0.2) is 4.98 Å². The molecule has 3 rings (SSSR count). The molecule has 2 heterocycles. The molecule has 19 heavy (non-hydrogen) atoms. The topological polar surface area (TPSA) is 39.1 Å². The van der Waals surface area contributed by atoms with Crippen LogP contribution in [0, 0.1) is 5.92 Å². The summed E-state index contributed by atoms with van der Waals surface area (Å²) in [5.41, 5.74) is 1.23. The summed E-state index contributed by atoms with van der Waals surface area (Å²) < 4.78 is 8.20. The molecule has 1 atom stereocenters. The van der Waals surface area contributed by atoms with E-state index in [1.54, 1.807) is 0 Å². The Balaban J connectivity index is 0.00000133. The summed E-state index contributed by atoms with van der Waals surface area (Å²) in [6, 6.07) is 0.363. The summed E-state index contributed by atoms with van der Waals surface area (Å²) in [6.07, 6.45) is 7.46. The first kappa shape index (κ1) is 14.8. The lowest BCUT2D eigenvalue weighted by Crippen LogP contribution is -2.32. The lowest BCUT2D eigenvalue weighted by Gasteiger charge is -2.23. The van der Waals surface area contributed by atoms with Crippen molar-refractivity contribution in [1.29, 1.82) is 0 Å². The lowest BCUT2D eigenvalue weighted by atomic mass is 10.1. The highest BCUT2D eigenvalue weighted by Crippen LogP contribution is 2.25. The number of imidazole rings is 1. The van der Waals surface area contributed by atoms with E-state index in [1.807, 2.05) is 6.20 Å². The van der Waals surface area contributed by atoms with Crippen molar-refractivity contribution in [3.05, 3.63) is 17.7 Å². The Hall–Kier alpha value is -0.580. The third kappa shape index (κ3) is 3.30. The number of hydrogen-bond donors (Lipinski definition) is 1. The van der Waals surface area contributed by atoms with E-state index in [9.17, 15) is 0 Å². The minimum absolute atomic E-state index is 0. The number of rotatable bonds is 4. The Labute approximate surface area is 121 Å². The van der Waals surface area contributed by atoms with E-state index < -0.39 is 0 Å². The first-order valence-electron chi connectivity index (χ1n) is 7.20. The highest BCUT2D eigenvalue weighted by Gasteiger charge is 2.20. The van der Waals surface area contributed by atoms with Gasteiger partial charge in [-0.15, -0.1) is 12.4 Å². The second-order valence-electron chi connectivity index (χ2n) is 5.60. The summed E-state index contributed by atoms with van der Waals surface area (Å²) in [4.78, 5) is 4.51. The second-order valence-corrected chi connectivity index (χ2v) is 5.60. The fraction of sp³-hybridized carbons (Fsp3) is 0.786. The van der Waals surface area contributed by atoms with E-state index in [0.717, 1.165) is 38.0 Å². The average molecular weight is 286 g/mol. The Morgan fingerprint density at radius 2 is 2.21 bits per heavy atom. The van der Waals surface area contributed by atoms with Crippen molar-refractivity contribution in [3.63, 3.8) is 0 Å². The molecule has 1 aromatic rings. The Morgan fingerprint density at radius 3 is 3.00 bits per heavy atom. The van der Waals surface area contributed by atoms with E-state index in [1.165, 1.54) is 31.4 Å². The van der Waals surface area contributed by atoms with Crippen molar-refractivity contribution in [3.8, 4) is 0 Å². The van der Waals surface area contributed by atoms with Crippen LogP contribution in [0.15, 0.2) is 6.20 Å². The van der Waals surface area contributed by atoms with Gasteiger partial charge in [-0.3, -0.25) is 0 Å². The fourth-order valence-electron chi connectivity index (χ4n) is 3.14. The zero-order chi connectivity index (χ0) is 12.4. The van der Waals surface area contributed by atoms with Crippen molar-refractivity contribution in [1.82, 2.24) is 14.9 Å². The number of aromatic nitrogens is 2. The van der Waals surface area contributed by atoms with Crippen LogP contribution in [0.25, 0.3) is 0 Å². The van der Waals surface area contributed by atoms with E-state index in [4.69, 9.17) is 4.74 Å². The van der Waals surface area contributed by atoms with Crippen LogP contribution < -0.4 is 5.32 Å². The second kappa shape index (κ2) is 6.73. The number of hydrogen-bond acceptors (Lipinski definition) is 3. The minimum atomic E-state index is 0. The van der Waals surface area contributed by atoms with Gasteiger partial charge in [0.25, 0.3) is 0 Å². The summed E-state index contributed by atoms with van der Waals surface area (Å²) in [6.45, 7) is 5.85. The van der Waals surface area contributed by atoms with Gasteiger partial charge < -0.3 is 14.6 Å². The van der Waals surface area contributed by atoms with Crippen molar-refractivity contribution < 1.29 is 4.74 Å². The van der Waals surface area contributed by atoms with Crippen LogP contribution in [0.1, 0.15) is 50.2 Å². The molecule has 1 aliphatic carbocycles. The molecule has 1 aromatic heterocycles. The number of nitrogens with zero attached hydrogens (tertiary/aromatic N) is 2. The maximum atomic E-state index is 5.88. The smallest absolute Gasteiger partial charge is 0.125 e. The van der Waals surface area contributed by atoms with Crippen LogP contribution in [0.5, 0.6) is 0 Å². The molecule has 5 heteroatoms. The van der Waals surface area contributed by atoms with Gasteiger partial charge in [-0.1, -0.05) is 12.8 Å². The zero-order valence-electron chi connectivity index (χ0n) is 11.6. The van der Waals surface area contributed by atoms with Gasteiger partial charge in [-0.2, -0.15) is 0 Å². The van der Waals surface area contributed by atoms with Crippen LogP contribution >= 0.6 is 12.4 Å². The number of nitrogens with one attached hydrogen (secondary N) is 1. The number of fused-ring (bicyclic) bond motifs is 1. The summed E-state index contributed by atoms with van der Waals surface area (Å²) in [5.74, 6) is 1.95. The molecule has 2 aliphatic rings. The molecule has 1 unspecified atom stereocenters. The molecule has 108 valence electrons. The van der Waals surface area contributed by atoms with Crippen LogP contribution in [0.3, 0.4) is 0 Å². The van der Waals surface area contributed by atoms with Crippen LogP contribution in [-0.2, 0) is 17.9 Å². The summed E-state index contributed by atoms with van der Waals surface area (Å²) in [7, 11) is 0. The van der Waals surface area contributed by atoms with Gasteiger partial charge in [0.15, 0.2) is 0 Å². The maximum Gasteiger partial charge on any atom is 0.125 e. The third-order valence-electron chi connectivity index (χ3n) is 4.22. The van der Waals surface area contributed by atoms with Crippen LogP contribution in [0.2, 0.25) is 0 Å². The molecule has 1 saturated carbocycles. The van der Waals surface area contributed by atoms with Crippen LogP contribution in [-0.4, -0.2) is 22.7 Å². The van der Waals surface area contributed by atoms with Gasteiger partial charge >= 0.3 is 0 Å². The lowest BCUT2D eigenvalue weighted by molar-refractivity contribution is 0.0842. The van der Waals surface area contributed by atoms with E-state index in [0.29, 0.717) is 6.04 Å². The molecule has 0 aromatic carbocycles. The Morgan fingerprint density at radius 1 is 1.42 bits per heavy atom. The summed E-state index contributed by atoms with van der Waals surface area (Å²) >= 11 is 0. The quantitative estimate of drug-likeness (QED) is 0.924. The molecule has 0 radical (unpaired) electrons. The average Bonchev–Trinajstić information content (AvgIpc) is 3.00. The predicted molar refractivity (Wildman–Crippen MR) is 77.5 cm³/mol. The van der Waals surface area contributed by atoms with Crippen molar-refractivity contribution in [2.75, 3.05) is 13.2 Å². The standard InChI is InChI=1S/C14H23N3O.ClH/c1-11-14-16-8-13(17(14)7-6-15-11)10-18-9-12-4-2-3-5-12;/h8,11-12,15H,2-7,9-10H2,1H3;1H. The zero-order valence-corrected chi connectivity index (χ0v) is 12.4. The van der Waals surface area contributed by atoms with Gasteiger partial charge in [-0.05, 0) is 25.7 Å². The first-order valence-corrected chi connectivity index (χ1v) is 7.20. The molecule has 0 spiro atoms.